The van der Waals surface area contributed by atoms with Gasteiger partial charge in [0.2, 0.25) is 0 Å². The van der Waals surface area contributed by atoms with Crippen molar-refractivity contribution >= 4 is 0 Å². The fraction of sp³-hybridized carbons (Fsp3) is 0.500. The Morgan fingerprint density at radius 3 is 2.33 bits per heavy atom. The van der Waals surface area contributed by atoms with Crippen molar-refractivity contribution in [1.29, 1.82) is 0 Å². The molecule has 0 aromatic heterocycles. The average molecular weight is 208 g/mol. The smallest absolute Gasteiger partial charge is 0.315 e. The summed E-state index contributed by atoms with van der Waals surface area (Å²) in [6.45, 7) is 4.96. The van der Waals surface area contributed by atoms with Crippen molar-refractivity contribution in [3.63, 3.8) is 0 Å². The normalized spacial score (nSPS) is 26.3. The van der Waals surface area contributed by atoms with Crippen LogP contribution in [-0.4, -0.2) is 19.7 Å². The Labute approximate surface area is 90.0 Å². The molecule has 3 heteroatoms. The second-order valence-corrected chi connectivity index (χ2v) is 3.99. The maximum atomic E-state index is 5.51. The summed E-state index contributed by atoms with van der Waals surface area (Å²) < 4.78 is 16.3. The van der Waals surface area contributed by atoms with Gasteiger partial charge in [0.1, 0.15) is 5.75 Å². The van der Waals surface area contributed by atoms with E-state index in [0.29, 0.717) is 19.1 Å². The molecule has 1 aromatic carbocycles. The predicted octanol–water partition coefficient (Wildman–Crippen LogP) is 2.34. The molecule has 0 spiro atoms. The first-order valence-electron chi connectivity index (χ1n) is 5.20. The molecule has 1 heterocycles. The Bertz CT molecular complexity index is 299. The molecule has 0 aliphatic carbocycles. The van der Waals surface area contributed by atoms with Crippen LogP contribution in [0.5, 0.6) is 5.75 Å². The highest BCUT2D eigenvalue weighted by Crippen LogP contribution is 2.17. The first-order valence-corrected chi connectivity index (χ1v) is 5.20. The van der Waals surface area contributed by atoms with Gasteiger partial charge in [0.25, 0.3) is 0 Å². The van der Waals surface area contributed by atoms with Crippen molar-refractivity contribution in [3.05, 3.63) is 29.8 Å². The number of aryl methyl sites for hydroxylation is 1. The van der Waals surface area contributed by atoms with Crippen LogP contribution in [0.15, 0.2) is 24.3 Å². The van der Waals surface area contributed by atoms with Gasteiger partial charge in [-0.2, -0.15) is 0 Å². The van der Waals surface area contributed by atoms with Crippen molar-refractivity contribution in [2.45, 2.75) is 20.3 Å². The van der Waals surface area contributed by atoms with Gasteiger partial charge in [-0.3, -0.25) is 0 Å². The lowest BCUT2D eigenvalue weighted by Gasteiger charge is -2.27. The van der Waals surface area contributed by atoms with E-state index in [9.17, 15) is 0 Å². The zero-order valence-electron chi connectivity index (χ0n) is 9.10. The van der Waals surface area contributed by atoms with Crippen molar-refractivity contribution in [1.82, 2.24) is 0 Å². The molecule has 0 saturated carbocycles. The zero-order chi connectivity index (χ0) is 10.7. The molecule has 1 aliphatic heterocycles. The highest BCUT2D eigenvalue weighted by atomic mass is 16.8. The average Bonchev–Trinajstić information content (AvgIpc) is 2.25. The standard InChI is InChI=1S/C12H16O3/c1-9-3-5-11(6-4-9)15-12-13-7-10(2)8-14-12/h3-6,10,12H,7-8H2,1-2H3. The minimum absolute atomic E-state index is 0.447. The Kier molecular flexibility index (Phi) is 3.23. The van der Waals surface area contributed by atoms with Gasteiger partial charge in [0.15, 0.2) is 0 Å². The third-order valence-corrected chi connectivity index (χ3v) is 2.29. The van der Waals surface area contributed by atoms with Crippen LogP contribution in [0.25, 0.3) is 0 Å². The Morgan fingerprint density at radius 2 is 1.73 bits per heavy atom. The Hall–Kier alpha value is -1.06. The summed E-state index contributed by atoms with van der Waals surface area (Å²) in [6.07, 6.45) is 0. The fourth-order valence-electron chi connectivity index (χ4n) is 1.38. The number of hydrogen-bond acceptors (Lipinski definition) is 3. The molecule has 0 atom stereocenters. The molecule has 1 saturated heterocycles. The monoisotopic (exact) mass is 208 g/mol. The molecule has 2 rings (SSSR count). The maximum Gasteiger partial charge on any atom is 0.315 e. The summed E-state index contributed by atoms with van der Waals surface area (Å²) in [5.74, 6) is 1.23. The van der Waals surface area contributed by atoms with Gasteiger partial charge in [-0.15, -0.1) is 0 Å². The van der Waals surface area contributed by atoms with E-state index in [1.807, 2.05) is 31.2 Å². The number of hydrogen-bond donors (Lipinski definition) is 0. The molecule has 0 unspecified atom stereocenters. The van der Waals surface area contributed by atoms with Crippen molar-refractivity contribution in [3.8, 4) is 5.75 Å². The number of benzene rings is 1. The Balaban J connectivity index is 1.89. The van der Waals surface area contributed by atoms with E-state index in [2.05, 4.69) is 6.92 Å². The summed E-state index contributed by atoms with van der Waals surface area (Å²) in [5.41, 5.74) is 1.21. The second-order valence-electron chi connectivity index (χ2n) is 3.99. The minimum atomic E-state index is -0.552. The van der Waals surface area contributed by atoms with E-state index in [1.165, 1.54) is 5.56 Å². The van der Waals surface area contributed by atoms with Crippen LogP contribution in [0.4, 0.5) is 0 Å². The molecule has 15 heavy (non-hydrogen) atoms. The van der Waals surface area contributed by atoms with E-state index in [4.69, 9.17) is 14.2 Å². The molecular formula is C12H16O3. The third-order valence-electron chi connectivity index (χ3n) is 2.29. The zero-order valence-corrected chi connectivity index (χ0v) is 9.10. The summed E-state index contributed by atoms with van der Waals surface area (Å²) >= 11 is 0. The molecule has 0 bridgehead atoms. The van der Waals surface area contributed by atoms with Gasteiger partial charge in [0, 0.05) is 5.92 Å². The quantitative estimate of drug-likeness (QED) is 0.746. The molecule has 1 fully saturated rings. The minimum Gasteiger partial charge on any atom is -0.441 e. The van der Waals surface area contributed by atoms with E-state index in [0.717, 1.165) is 5.75 Å². The van der Waals surface area contributed by atoms with E-state index in [-0.39, 0.29) is 0 Å². The molecule has 3 nitrogen and oxygen atoms in total. The summed E-state index contributed by atoms with van der Waals surface area (Å²) in [4.78, 5) is 0. The van der Waals surface area contributed by atoms with Crippen LogP contribution in [0.1, 0.15) is 12.5 Å². The highest BCUT2D eigenvalue weighted by molar-refractivity contribution is 5.26. The van der Waals surface area contributed by atoms with Crippen LogP contribution in [0, 0.1) is 12.8 Å². The molecule has 1 aliphatic rings. The second kappa shape index (κ2) is 4.64. The largest absolute Gasteiger partial charge is 0.441 e. The number of rotatable bonds is 2. The Morgan fingerprint density at radius 1 is 1.13 bits per heavy atom. The predicted molar refractivity (Wildman–Crippen MR) is 56.7 cm³/mol. The number of ether oxygens (including phenoxy) is 3. The van der Waals surface area contributed by atoms with Gasteiger partial charge < -0.3 is 14.2 Å². The first kappa shape index (κ1) is 10.5. The topological polar surface area (TPSA) is 27.7 Å². The van der Waals surface area contributed by atoms with Crippen molar-refractivity contribution < 1.29 is 14.2 Å². The fourth-order valence-corrected chi connectivity index (χ4v) is 1.38. The van der Waals surface area contributed by atoms with E-state index >= 15 is 0 Å². The van der Waals surface area contributed by atoms with Gasteiger partial charge in [-0.05, 0) is 19.1 Å². The molecule has 0 N–H and O–H groups in total. The summed E-state index contributed by atoms with van der Waals surface area (Å²) in [7, 11) is 0. The van der Waals surface area contributed by atoms with Crippen molar-refractivity contribution in [2.75, 3.05) is 13.2 Å². The van der Waals surface area contributed by atoms with Gasteiger partial charge in [-0.25, -0.2) is 0 Å². The van der Waals surface area contributed by atoms with E-state index < -0.39 is 6.48 Å². The maximum absolute atomic E-state index is 5.51. The van der Waals surface area contributed by atoms with Crippen LogP contribution < -0.4 is 4.74 Å². The van der Waals surface area contributed by atoms with Crippen molar-refractivity contribution in [2.24, 2.45) is 5.92 Å². The molecule has 0 amide bonds. The molecule has 82 valence electrons. The molecule has 1 aromatic rings. The lowest BCUT2D eigenvalue weighted by Crippen LogP contribution is -2.34. The van der Waals surface area contributed by atoms with E-state index in [1.54, 1.807) is 0 Å². The van der Waals surface area contributed by atoms with Gasteiger partial charge >= 0.3 is 6.48 Å². The SMILES string of the molecule is Cc1ccc(OC2OCC(C)CO2)cc1. The highest BCUT2D eigenvalue weighted by Gasteiger charge is 2.20. The summed E-state index contributed by atoms with van der Waals surface area (Å²) in [5, 5.41) is 0. The van der Waals surface area contributed by atoms with Gasteiger partial charge in [-0.1, -0.05) is 24.6 Å². The lowest BCUT2D eigenvalue weighted by molar-refractivity contribution is -0.285. The van der Waals surface area contributed by atoms with Crippen LogP contribution in [-0.2, 0) is 9.47 Å². The van der Waals surface area contributed by atoms with Gasteiger partial charge in [0.05, 0.1) is 13.2 Å². The summed E-state index contributed by atoms with van der Waals surface area (Å²) in [6, 6.07) is 7.84. The van der Waals surface area contributed by atoms with Crippen LogP contribution in [0.3, 0.4) is 0 Å². The van der Waals surface area contributed by atoms with Crippen LogP contribution in [0.2, 0.25) is 0 Å². The third kappa shape index (κ3) is 2.94. The molecular weight excluding hydrogens is 192 g/mol. The first-order chi connectivity index (χ1) is 7.24. The molecule has 0 radical (unpaired) electrons. The lowest BCUT2D eigenvalue weighted by atomic mass is 10.2. The van der Waals surface area contributed by atoms with Crippen LogP contribution >= 0.6 is 0 Å².